The maximum atomic E-state index is 10.3. The summed E-state index contributed by atoms with van der Waals surface area (Å²) in [5, 5.41) is 10.3. The first-order chi connectivity index (χ1) is 12.7. The lowest BCUT2D eigenvalue weighted by Gasteiger charge is -2.23. The molecule has 0 saturated heterocycles. The lowest BCUT2D eigenvalue weighted by molar-refractivity contribution is -0.928. The van der Waals surface area contributed by atoms with Crippen LogP contribution in [0.25, 0.3) is 0 Å². The third-order valence-corrected chi connectivity index (χ3v) is 5.08. The molecule has 1 aromatic carbocycles. The molecule has 2 aromatic rings. The van der Waals surface area contributed by atoms with Crippen molar-refractivity contribution in [3.63, 3.8) is 0 Å². The van der Waals surface area contributed by atoms with Crippen LogP contribution in [-0.2, 0) is 17.8 Å². The molecule has 1 saturated carbocycles. The minimum absolute atomic E-state index is 0.259. The zero-order valence-electron chi connectivity index (χ0n) is 15.5. The number of nitrogens with one attached hydrogen (secondary N) is 1. The third-order valence-electron chi connectivity index (χ3n) is 5.08. The molecule has 0 bridgehead atoms. The second-order valence-corrected chi connectivity index (χ2v) is 7.24. The van der Waals surface area contributed by atoms with Crippen LogP contribution < -0.4 is 4.90 Å². The molecule has 4 heteroatoms. The van der Waals surface area contributed by atoms with Crippen LogP contribution in [0.5, 0.6) is 0 Å². The Kier molecular flexibility index (Phi) is 6.51. The average molecular weight is 353 g/mol. The van der Waals surface area contributed by atoms with Crippen LogP contribution in [0, 0.1) is 19.3 Å². The van der Waals surface area contributed by atoms with Crippen molar-refractivity contribution < 1.29 is 14.7 Å². The molecule has 1 heterocycles. The van der Waals surface area contributed by atoms with Crippen molar-refractivity contribution in [3.8, 4) is 12.3 Å². The molecule has 0 amide bonds. The van der Waals surface area contributed by atoms with Gasteiger partial charge in [0.15, 0.2) is 0 Å². The smallest absolute Gasteiger partial charge is 0.126 e. The van der Waals surface area contributed by atoms with Gasteiger partial charge in [0.25, 0.3) is 0 Å². The van der Waals surface area contributed by atoms with Crippen molar-refractivity contribution in [2.24, 2.45) is 0 Å². The lowest BCUT2D eigenvalue weighted by Crippen LogP contribution is -3.13. The Morgan fingerprint density at radius 2 is 2.12 bits per heavy atom. The summed E-state index contributed by atoms with van der Waals surface area (Å²) >= 11 is 0. The van der Waals surface area contributed by atoms with Gasteiger partial charge in [-0.25, -0.2) is 0 Å². The van der Waals surface area contributed by atoms with Crippen LogP contribution in [0.15, 0.2) is 42.6 Å². The second-order valence-electron chi connectivity index (χ2n) is 7.24. The highest BCUT2D eigenvalue weighted by atomic mass is 16.5. The van der Waals surface area contributed by atoms with Gasteiger partial charge < -0.3 is 19.3 Å². The van der Waals surface area contributed by atoms with E-state index in [4.69, 9.17) is 11.2 Å². The summed E-state index contributed by atoms with van der Waals surface area (Å²) < 4.78 is 7.62. The molecule has 0 spiro atoms. The van der Waals surface area contributed by atoms with E-state index >= 15 is 0 Å². The van der Waals surface area contributed by atoms with E-state index in [1.807, 2.05) is 0 Å². The Morgan fingerprint density at radius 3 is 2.85 bits per heavy atom. The SMILES string of the molecule is C#CCOC[C@@H](O)C[NH+](Cc1cccn1Cc1ccccc1C)C1CC1. The molecule has 2 atom stereocenters. The molecule has 4 nitrogen and oxygen atoms in total. The normalized spacial score (nSPS) is 16.2. The fourth-order valence-electron chi connectivity index (χ4n) is 3.46. The zero-order chi connectivity index (χ0) is 18.4. The van der Waals surface area contributed by atoms with E-state index in [-0.39, 0.29) is 6.61 Å². The van der Waals surface area contributed by atoms with Crippen LogP contribution in [0.3, 0.4) is 0 Å². The minimum Gasteiger partial charge on any atom is -0.385 e. The lowest BCUT2D eigenvalue weighted by atomic mass is 10.1. The molecular weight excluding hydrogens is 324 g/mol. The predicted molar refractivity (Wildman–Crippen MR) is 103 cm³/mol. The van der Waals surface area contributed by atoms with Gasteiger partial charge in [0.1, 0.15) is 25.8 Å². The topological polar surface area (TPSA) is 38.8 Å². The van der Waals surface area contributed by atoms with E-state index in [1.165, 1.54) is 34.6 Å². The molecule has 0 radical (unpaired) electrons. The number of rotatable bonds is 10. The van der Waals surface area contributed by atoms with Gasteiger partial charge in [0.2, 0.25) is 0 Å². The van der Waals surface area contributed by atoms with Crippen LogP contribution in [0.2, 0.25) is 0 Å². The average Bonchev–Trinajstić information content (AvgIpc) is 3.39. The van der Waals surface area contributed by atoms with Crippen LogP contribution in [0.4, 0.5) is 0 Å². The summed E-state index contributed by atoms with van der Waals surface area (Å²) in [4.78, 5) is 1.44. The van der Waals surface area contributed by atoms with Gasteiger partial charge >= 0.3 is 0 Å². The van der Waals surface area contributed by atoms with Crippen LogP contribution in [-0.4, -0.2) is 41.6 Å². The molecule has 2 N–H and O–H groups in total. The summed E-state index contributed by atoms with van der Waals surface area (Å²) in [6.45, 7) is 5.24. The number of aliphatic hydroxyl groups is 1. The maximum absolute atomic E-state index is 10.3. The van der Waals surface area contributed by atoms with E-state index in [0.29, 0.717) is 19.2 Å². The van der Waals surface area contributed by atoms with E-state index in [9.17, 15) is 5.11 Å². The number of ether oxygens (including phenoxy) is 1. The molecule has 1 aromatic heterocycles. The Balaban J connectivity index is 1.62. The third kappa shape index (κ3) is 5.22. The molecular formula is C22H29N2O2+. The highest BCUT2D eigenvalue weighted by Gasteiger charge is 2.35. The molecule has 1 aliphatic carbocycles. The number of aryl methyl sites for hydroxylation is 1. The summed E-state index contributed by atoms with van der Waals surface area (Å²) in [7, 11) is 0. The quantitative estimate of drug-likeness (QED) is 0.501. The fraction of sp³-hybridized carbons (Fsp3) is 0.455. The predicted octanol–water partition coefficient (Wildman–Crippen LogP) is 1.40. The van der Waals surface area contributed by atoms with Gasteiger partial charge in [0, 0.05) is 25.6 Å². The van der Waals surface area contributed by atoms with Gasteiger partial charge in [-0.3, -0.25) is 0 Å². The van der Waals surface area contributed by atoms with E-state index < -0.39 is 6.10 Å². The first-order valence-electron chi connectivity index (χ1n) is 9.39. The standard InChI is InChI=1S/C22H28N2O2/c1-3-13-26-17-22(25)16-24(20-10-11-20)15-21-9-6-12-23(21)14-19-8-5-4-7-18(19)2/h1,4-9,12,20,22,25H,10-11,13-17H2,2H3/p+1/t22-/m0/s1. The van der Waals surface area contributed by atoms with E-state index in [0.717, 1.165) is 13.1 Å². The molecule has 1 aliphatic rings. The van der Waals surface area contributed by atoms with Crippen molar-refractivity contribution in [3.05, 3.63) is 59.4 Å². The number of hydrogen-bond donors (Lipinski definition) is 2. The number of aliphatic hydroxyl groups excluding tert-OH is 1. The number of quaternary nitrogens is 1. The first-order valence-corrected chi connectivity index (χ1v) is 9.39. The number of terminal acetylenes is 1. The first kappa shape index (κ1) is 18.7. The molecule has 26 heavy (non-hydrogen) atoms. The minimum atomic E-state index is -0.473. The van der Waals surface area contributed by atoms with Gasteiger partial charge in [-0.2, -0.15) is 0 Å². The van der Waals surface area contributed by atoms with Crippen molar-refractivity contribution in [1.82, 2.24) is 4.57 Å². The Bertz CT molecular complexity index is 743. The van der Waals surface area contributed by atoms with Crippen molar-refractivity contribution in [1.29, 1.82) is 0 Å². The number of nitrogens with zero attached hydrogens (tertiary/aromatic N) is 1. The van der Waals surface area contributed by atoms with Crippen LogP contribution in [0.1, 0.15) is 29.7 Å². The number of hydrogen-bond acceptors (Lipinski definition) is 2. The Morgan fingerprint density at radius 1 is 1.31 bits per heavy atom. The van der Waals surface area contributed by atoms with Gasteiger partial charge in [-0.05, 0) is 30.2 Å². The van der Waals surface area contributed by atoms with Gasteiger partial charge in [-0.15, -0.1) is 6.42 Å². The Labute approximate surface area is 156 Å². The van der Waals surface area contributed by atoms with Gasteiger partial charge in [0.05, 0.1) is 18.3 Å². The zero-order valence-corrected chi connectivity index (χ0v) is 15.5. The van der Waals surface area contributed by atoms with Crippen LogP contribution >= 0.6 is 0 Å². The largest absolute Gasteiger partial charge is 0.385 e. The van der Waals surface area contributed by atoms with E-state index in [1.54, 1.807) is 0 Å². The number of benzene rings is 1. The number of aromatic nitrogens is 1. The summed E-state index contributed by atoms with van der Waals surface area (Å²) in [6, 6.07) is 13.5. The monoisotopic (exact) mass is 353 g/mol. The highest BCUT2D eigenvalue weighted by Crippen LogP contribution is 2.17. The van der Waals surface area contributed by atoms with Crippen molar-refractivity contribution in [2.75, 3.05) is 19.8 Å². The maximum Gasteiger partial charge on any atom is 0.126 e. The summed E-state index contributed by atoms with van der Waals surface area (Å²) in [5.74, 6) is 2.44. The summed E-state index contributed by atoms with van der Waals surface area (Å²) in [5.41, 5.74) is 3.98. The fourth-order valence-corrected chi connectivity index (χ4v) is 3.46. The van der Waals surface area contributed by atoms with Crippen molar-refractivity contribution >= 4 is 0 Å². The Hall–Kier alpha value is -2.06. The summed E-state index contributed by atoms with van der Waals surface area (Å²) in [6.07, 6.45) is 9.35. The molecule has 1 unspecified atom stereocenters. The highest BCUT2D eigenvalue weighted by molar-refractivity contribution is 5.26. The van der Waals surface area contributed by atoms with Gasteiger partial charge in [-0.1, -0.05) is 30.2 Å². The second kappa shape index (κ2) is 9.05. The van der Waals surface area contributed by atoms with Crippen molar-refractivity contribution in [2.45, 2.75) is 45.0 Å². The van der Waals surface area contributed by atoms with E-state index in [2.05, 4.69) is 60.0 Å². The molecule has 138 valence electrons. The molecule has 1 fully saturated rings. The molecule has 0 aliphatic heterocycles. The molecule has 3 rings (SSSR count).